The Morgan fingerprint density at radius 3 is 2.80 bits per heavy atom. The lowest BCUT2D eigenvalue weighted by atomic mass is 9.96. The van der Waals surface area contributed by atoms with Crippen molar-refractivity contribution in [1.29, 1.82) is 0 Å². The van der Waals surface area contributed by atoms with Crippen molar-refractivity contribution < 1.29 is 14.6 Å². The molecule has 1 aliphatic carbocycles. The number of pyridine rings is 1. The zero-order valence-electron chi connectivity index (χ0n) is 12.2. The van der Waals surface area contributed by atoms with E-state index in [4.69, 9.17) is 4.74 Å². The molecule has 0 radical (unpaired) electrons. The molecular formula is C15H22N2O3. The molecule has 0 aromatic carbocycles. The predicted molar refractivity (Wildman–Crippen MR) is 75.7 cm³/mol. The van der Waals surface area contributed by atoms with Crippen LogP contribution in [-0.4, -0.2) is 34.2 Å². The van der Waals surface area contributed by atoms with E-state index in [1.165, 1.54) is 6.20 Å². The normalized spacial score (nSPS) is 17.6. The maximum absolute atomic E-state index is 12.3. The van der Waals surface area contributed by atoms with Crippen molar-refractivity contribution in [3.8, 4) is 5.75 Å². The van der Waals surface area contributed by atoms with Crippen LogP contribution in [-0.2, 0) is 0 Å². The van der Waals surface area contributed by atoms with E-state index in [0.29, 0.717) is 17.2 Å². The van der Waals surface area contributed by atoms with Gasteiger partial charge in [-0.05, 0) is 45.6 Å². The van der Waals surface area contributed by atoms with Crippen LogP contribution in [0.1, 0.15) is 44.0 Å². The monoisotopic (exact) mass is 278 g/mol. The first kappa shape index (κ1) is 14.8. The van der Waals surface area contributed by atoms with E-state index in [1.54, 1.807) is 12.3 Å². The molecule has 20 heavy (non-hydrogen) atoms. The van der Waals surface area contributed by atoms with Gasteiger partial charge in [-0.2, -0.15) is 0 Å². The van der Waals surface area contributed by atoms with Crippen molar-refractivity contribution in [1.82, 2.24) is 10.3 Å². The summed E-state index contributed by atoms with van der Waals surface area (Å²) >= 11 is 0. The Morgan fingerprint density at radius 2 is 2.25 bits per heavy atom. The third-order valence-electron chi connectivity index (χ3n) is 3.55. The summed E-state index contributed by atoms with van der Waals surface area (Å²) < 4.78 is 5.53. The summed E-state index contributed by atoms with van der Waals surface area (Å²) in [6.45, 7) is 5.66. The van der Waals surface area contributed by atoms with Gasteiger partial charge >= 0.3 is 0 Å². The van der Waals surface area contributed by atoms with Crippen molar-refractivity contribution >= 4 is 5.91 Å². The molecule has 1 aromatic heterocycles. The van der Waals surface area contributed by atoms with Crippen molar-refractivity contribution in [3.05, 3.63) is 24.0 Å². The van der Waals surface area contributed by atoms with Crippen molar-refractivity contribution in [2.45, 2.75) is 45.3 Å². The second-order valence-electron chi connectivity index (χ2n) is 5.88. The largest absolute Gasteiger partial charge is 0.489 e. The van der Waals surface area contributed by atoms with Gasteiger partial charge in [0.1, 0.15) is 5.75 Å². The number of hydrogen-bond donors (Lipinski definition) is 2. The van der Waals surface area contributed by atoms with Crippen LogP contribution in [0, 0.1) is 5.92 Å². The lowest BCUT2D eigenvalue weighted by Gasteiger charge is -2.28. The maximum Gasteiger partial charge on any atom is 0.253 e. The van der Waals surface area contributed by atoms with Gasteiger partial charge in [-0.3, -0.25) is 9.78 Å². The Bertz CT molecular complexity index is 486. The molecule has 1 aromatic rings. The minimum atomic E-state index is -0.550. The van der Waals surface area contributed by atoms with Gasteiger partial charge in [0.05, 0.1) is 30.0 Å². The molecular weight excluding hydrogens is 256 g/mol. The van der Waals surface area contributed by atoms with Crippen molar-refractivity contribution in [2.75, 3.05) is 6.61 Å². The standard InChI is InChI=1S/C15H22N2O3/c1-10(2)20-13-6-11(7-16-8-13)14(19)17-15(3,9-18)12-4-5-12/h6-8,10,12,18H,4-5,9H2,1-3H3,(H,17,19). The van der Waals surface area contributed by atoms with Crippen LogP contribution in [0.2, 0.25) is 0 Å². The molecule has 1 fully saturated rings. The molecule has 1 atom stereocenters. The molecule has 0 aliphatic heterocycles. The number of hydrogen-bond acceptors (Lipinski definition) is 4. The molecule has 110 valence electrons. The van der Waals surface area contributed by atoms with E-state index in [1.807, 2.05) is 20.8 Å². The molecule has 1 amide bonds. The van der Waals surface area contributed by atoms with Gasteiger partial charge < -0.3 is 15.2 Å². The highest BCUT2D eigenvalue weighted by molar-refractivity contribution is 5.94. The average Bonchev–Trinajstić information content (AvgIpc) is 3.22. The lowest BCUT2D eigenvalue weighted by Crippen LogP contribution is -2.50. The molecule has 2 rings (SSSR count). The summed E-state index contributed by atoms with van der Waals surface area (Å²) in [7, 11) is 0. The van der Waals surface area contributed by atoms with Gasteiger partial charge in [-0.25, -0.2) is 0 Å². The fourth-order valence-electron chi connectivity index (χ4n) is 2.20. The van der Waals surface area contributed by atoms with Gasteiger partial charge in [-0.15, -0.1) is 0 Å². The summed E-state index contributed by atoms with van der Waals surface area (Å²) in [6, 6.07) is 1.67. The van der Waals surface area contributed by atoms with E-state index >= 15 is 0 Å². The molecule has 1 unspecified atom stereocenters. The van der Waals surface area contributed by atoms with E-state index < -0.39 is 5.54 Å². The van der Waals surface area contributed by atoms with E-state index in [2.05, 4.69) is 10.3 Å². The average molecular weight is 278 g/mol. The number of aliphatic hydroxyl groups is 1. The number of carbonyl (C=O) groups excluding carboxylic acids is 1. The minimum Gasteiger partial charge on any atom is -0.489 e. The lowest BCUT2D eigenvalue weighted by molar-refractivity contribution is 0.0823. The summed E-state index contributed by atoms with van der Waals surface area (Å²) in [5.41, 5.74) is -0.102. The van der Waals surface area contributed by atoms with Gasteiger partial charge in [0.25, 0.3) is 5.91 Å². The molecule has 0 bridgehead atoms. The highest BCUT2D eigenvalue weighted by Gasteiger charge is 2.42. The van der Waals surface area contributed by atoms with E-state index in [-0.39, 0.29) is 18.6 Å². The Kier molecular flexibility index (Phi) is 4.28. The molecule has 5 heteroatoms. The minimum absolute atomic E-state index is 0.0317. The Hall–Kier alpha value is -1.62. The second-order valence-corrected chi connectivity index (χ2v) is 5.88. The Balaban J connectivity index is 2.08. The number of aliphatic hydroxyl groups excluding tert-OH is 1. The Morgan fingerprint density at radius 1 is 1.55 bits per heavy atom. The van der Waals surface area contributed by atoms with Gasteiger partial charge in [-0.1, -0.05) is 0 Å². The van der Waals surface area contributed by atoms with Gasteiger partial charge in [0.2, 0.25) is 0 Å². The van der Waals surface area contributed by atoms with Gasteiger partial charge in [0, 0.05) is 6.20 Å². The quantitative estimate of drug-likeness (QED) is 0.831. The SMILES string of the molecule is CC(C)Oc1cncc(C(=O)NC(C)(CO)C2CC2)c1. The number of nitrogens with one attached hydrogen (secondary N) is 1. The molecule has 0 saturated heterocycles. The molecule has 0 spiro atoms. The smallest absolute Gasteiger partial charge is 0.253 e. The zero-order chi connectivity index (χ0) is 14.8. The van der Waals surface area contributed by atoms with Crippen molar-refractivity contribution in [2.24, 2.45) is 5.92 Å². The summed E-state index contributed by atoms with van der Waals surface area (Å²) in [6.07, 6.45) is 5.22. The number of rotatable bonds is 6. The first-order valence-corrected chi connectivity index (χ1v) is 6.99. The van der Waals surface area contributed by atoms with Crippen LogP contribution in [0.25, 0.3) is 0 Å². The van der Waals surface area contributed by atoms with Gasteiger partial charge in [0.15, 0.2) is 0 Å². The molecule has 5 nitrogen and oxygen atoms in total. The first-order chi connectivity index (χ1) is 9.44. The highest BCUT2D eigenvalue weighted by Crippen LogP contribution is 2.39. The number of ether oxygens (including phenoxy) is 1. The van der Waals surface area contributed by atoms with Crippen LogP contribution in [0.15, 0.2) is 18.5 Å². The third kappa shape index (κ3) is 3.48. The van der Waals surface area contributed by atoms with Crippen molar-refractivity contribution in [3.63, 3.8) is 0 Å². The van der Waals surface area contributed by atoms with Crippen LogP contribution >= 0.6 is 0 Å². The predicted octanol–water partition coefficient (Wildman–Crippen LogP) is 1.76. The summed E-state index contributed by atoms with van der Waals surface area (Å²) in [5, 5.41) is 12.4. The van der Waals surface area contributed by atoms with E-state index in [9.17, 15) is 9.90 Å². The maximum atomic E-state index is 12.3. The fraction of sp³-hybridized carbons (Fsp3) is 0.600. The summed E-state index contributed by atoms with van der Waals surface area (Å²) in [4.78, 5) is 16.3. The molecule has 1 heterocycles. The summed E-state index contributed by atoms with van der Waals surface area (Å²) in [5.74, 6) is 0.708. The zero-order valence-corrected chi connectivity index (χ0v) is 12.2. The molecule has 1 saturated carbocycles. The number of nitrogens with zero attached hydrogens (tertiary/aromatic N) is 1. The number of amides is 1. The van der Waals surface area contributed by atoms with Crippen LogP contribution in [0.5, 0.6) is 5.75 Å². The Labute approximate surface area is 119 Å². The van der Waals surface area contributed by atoms with E-state index in [0.717, 1.165) is 12.8 Å². The number of aromatic nitrogens is 1. The first-order valence-electron chi connectivity index (χ1n) is 6.99. The van der Waals surface area contributed by atoms with Crippen LogP contribution in [0.3, 0.4) is 0 Å². The number of carbonyl (C=O) groups is 1. The third-order valence-corrected chi connectivity index (χ3v) is 3.55. The van der Waals surface area contributed by atoms with Crippen LogP contribution in [0.4, 0.5) is 0 Å². The fourth-order valence-corrected chi connectivity index (χ4v) is 2.20. The second kappa shape index (κ2) is 5.79. The molecule has 2 N–H and O–H groups in total. The van der Waals surface area contributed by atoms with Crippen LogP contribution < -0.4 is 10.1 Å². The highest BCUT2D eigenvalue weighted by atomic mass is 16.5. The molecule has 1 aliphatic rings. The topological polar surface area (TPSA) is 71.5 Å².